The van der Waals surface area contributed by atoms with Crippen molar-refractivity contribution in [2.45, 2.75) is 25.3 Å². The summed E-state index contributed by atoms with van der Waals surface area (Å²) in [4.78, 5) is 11.3. The van der Waals surface area contributed by atoms with Gasteiger partial charge in [-0.1, -0.05) is 24.3 Å². The van der Waals surface area contributed by atoms with E-state index in [-0.39, 0.29) is 11.8 Å². The Hall–Kier alpha value is -2.01. The molecule has 1 fully saturated rings. The number of nitrogens with one attached hydrogen (secondary N) is 1. The predicted octanol–water partition coefficient (Wildman–Crippen LogP) is 1.26. The summed E-state index contributed by atoms with van der Waals surface area (Å²) >= 11 is 0. The number of aromatic nitrogens is 2. The molecule has 2 atom stereocenters. The monoisotopic (exact) mass is 452 g/mol. The Balaban J connectivity index is 1.94. The first-order valence-corrected chi connectivity index (χ1v) is 13.8. The van der Waals surface area contributed by atoms with Crippen LogP contribution in [0.4, 0.5) is 5.82 Å². The van der Waals surface area contributed by atoms with Crippen molar-refractivity contribution < 1.29 is 17.4 Å². The molecule has 1 saturated heterocycles. The lowest BCUT2D eigenvalue weighted by Crippen LogP contribution is -2.44. The van der Waals surface area contributed by atoms with Gasteiger partial charge in [0.05, 0.1) is 30.7 Å². The van der Waals surface area contributed by atoms with Crippen molar-refractivity contribution in [2.75, 3.05) is 37.2 Å². The van der Waals surface area contributed by atoms with E-state index in [1.807, 2.05) is 31.2 Å². The van der Waals surface area contributed by atoms with Gasteiger partial charge in [0.15, 0.2) is 15.7 Å². The van der Waals surface area contributed by atoms with Crippen LogP contribution in [0, 0.1) is 0 Å². The van der Waals surface area contributed by atoms with E-state index in [4.69, 9.17) is 9.72 Å². The maximum absolute atomic E-state index is 11.9. The van der Waals surface area contributed by atoms with E-state index in [9.17, 15) is 12.6 Å². The molecule has 0 bridgehead atoms. The number of morpholine rings is 1. The number of anilines is 1. The van der Waals surface area contributed by atoms with E-state index in [1.165, 1.54) is 6.26 Å². The summed E-state index contributed by atoms with van der Waals surface area (Å²) in [6, 6.07) is 9.44. The molecule has 1 aliphatic rings. The van der Waals surface area contributed by atoms with Crippen LogP contribution < -0.4 is 9.62 Å². The lowest BCUT2D eigenvalue weighted by molar-refractivity contribution is 0.0985. The Labute approximate surface area is 178 Å². The fraction of sp³-hybridized carbons (Fsp3) is 0.450. The van der Waals surface area contributed by atoms with Crippen LogP contribution in [-0.4, -0.2) is 66.8 Å². The van der Waals surface area contributed by atoms with Gasteiger partial charge in [0.2, 0.25) is 0 Å². The highest BCUT2D eigenvalue weighted by Gasteiger charge is 2.22. The highest BCUT2D eigenvalue weighted by atomic mass is 32.2. The highest BCUT2D eigenvalue weighted by Crippen LogP contribution is 2.24. The molecule has 1 aromatic heterocycles. The minimum absolute atomic E-state index is 0.132. The average Bonchev–Trinajstić information content (AvgIpc) is 2.65. The summed E-state index contributed by atoms with van der Waals surface area (Å²) in [6.45, 7) is 4.36. The van der Waals surface area contributed by atoms with Crippen LogP contribution in [0.25, 0.3) is 11.4 Å². The lowest BCUT2D eigenvalue weighted by Gasteiger charge is -2.34. The van der Waals surface area contributed by atoms with Gasteiger partial charge in [0, 0.05) is 46.9 Å². The first kappa shape index (κ1) is 22.7. The number of hydrogen-bond donors (Lipinski definition) is 1. The summed E-state index contributed by atoms with van der Waals surface area (Å²) < 4.78 is 43.8. The smallest absolute Gasteiger partial charge is 0.161 e. The molecule has 2 heterocycles. The Morgan fingerprint density at radius 2 is 1.90 bits per heavy atom. The van der Waals surface area contributed by atoms with Crippen LogP contribution in [0.15, 0.2) is 30.3 Å². The van der Waals surface area contributed by atoms with Crippen LogP contribution in [0.3, 0.4) is 0 Å². The molecule has 0 spiro atoms. The van der Waals surface area contributed by atoms with Crippen molar-refractivity contribution in [3.05, 3.63) is 41.6 Å². The number of nitrogens with zero attached hydrogens (tertiary/aromatic N) is 3. The van der Waals surface area contributed by atoms with E-state index >= 15 is 0 Å². The Bertz CT molecular complexity index is 1100. The Morgan fingerprint density at radius 1 is 1.20 bits per heavy atom. The van der Waals surface area contributed by atoms with Crippen LogP contribution in [0.2, 0.25) is 0 Å². The average molecular weight is 453 g/mol. The molecule has 30 heavy (non-hydrogen) atoms. The number of hydrogen-bond acceptors (Lipinski definition) is 7. The Kier molecular flexibility index (Phi) is 6.81. The van der Waals surface area contributed by atoms with E-state index in [1.54, 1.807) is 12.3 Å². The van der Waals surface area contributed by atoms with Gasteiger partial charge in [-0.3, -0.25) is 4.21 Å². The topological polar surface area (TPSA) is 101 Å². The van der Waals surface area contributed by atoms with Gasteiger partial charge in [-0.05, 0) is 18.4 Å². The zero-order chi connectivity index (χ0) is 21.9. The molecule has 1 N–H and O–H groups in total. The molecule has 1 aliphatic heterocycles. The molecule has 1 aromatic carbocycles. The third-order valence-corrected chi connectivity index (χ3v) is 6.21. The fourth-order valence-electron chi connectivity index (χ4n) is 3.18. The first-order valence-electron chi connectivity index (χ1n) is 9.56. The summed E-state index contributed by atoms with van der Waals surface area (Å²) in [6.07, 6.45) is 2.75. The minimum Gasteiger partial charge on any atom is -0.377 e. The van der Waals surface area contributed by atoms with Crippen molar-refractivity contribution in [2.24, 2.45) is 0 Å². The van der Waals surface area contributed by atoms with Crippen molar-refractivity contribution in [3.63, 3.8) is 0 Å². The van der Waals surface area contributed by atoms with Crippen molar-refractivity contribution in [1.82, 2.24) is 14.7 Å². The maximum atomic E-state index is 11.9. The van der Waals surface area contributed by atoms with Crippen molar-refractivity contribution in [1.29, 1.82) is 0 Å². The molecule has 2 aromatic rings. The van der Waals surface area contributed by atoms with Crippen LogP contribution in [0.1, 0.15) is 18.2 Å². The van der Waals surface area contributed by atoms with Crippen LogP contribution in [0.5, 0.6) is 0 Å². The molecule has 164 valence electrons. The summed E-state index contributed by atoms with van der Waals surface area (Å²) in [5.41, 5.74) is 2.19. The molecule has 0 radical (unpaired) electrons. The Morgan fingerprint density at radius 3 is 2.50 bits per heavy atom. The third-order valence-electron chi connectivity index (χ3n) is 4.63. The third kappa shape index (κ3) is 6.49. The van der Waals surface area contributed by atoms with Gasteiger partial charge in [-0.2, -0.15) is 0 Å². The SMILES string of the molecule is C=S(C)(=O)NCc1ccc(-c2nc(CS(C)(=O)=O)cc(N3CCOC[C@@H]3C)n2)cc1. The zero-order valence-electron chi connectivity index (χ0n) is 17.5. The molecule has 8 nitrogen and oxygen atoms in total. The molecular weight excluding hydrogens is 424 g/mol. The first-order chi connectivity index (χ1) is 14.0. The second-order valence-electron chi connectivity index (χ2n) is 7.75. The molecule has 0 amide bonds. The number of ether oxygens (including phenoxy) is 1. The van der Waals surface area contributed by atoms with Crippen LogP contribution >= 0.6 is 0 Å². The van der Waals surface area contributed by atoms with E-state index in [0.29, 0.717) is 43.6 Å². The zero-order valence-corrected chi connectivity index (χ0v) is 19.1. The molecule has 0 aliphatic carbocycles. The van der Waals surface area contributed by atoms with Gasteiger partial charge >= 0.3 is 0 Å². The summed E-state index contributed by atoms with van der Waals surface area (Å²) in [7, 11) is -5.52. The number of benzene rings is 1. The van der Waals surface area contributed by atoms with Crippen molar-refractivity contribution >= 4 is 31.2 Å². The fourth-order valence-corrected chi connectivity index (χ4v) is 4.33. The highest BCUT2D eigenvalue weighted by molar-refractivity contribution is 7.97. The molecule has 0 saturated carbocycles. The second kappa shape index (κ2) is 9.01. The van der Waals surface area contributed by atoms with Crippen molar-refractivity contribution in [3.8, 4) is 11.4 Å². The van der Waals surface area contributed by atoms with Crippen LogP contribution in [-0.2, 0) is 36.6 Å². The lowest BCUT2D eigenvalue weighted by atomic mass is 10.1. The van der Waals surface area contributed by atoms with E-state index in [2.05, 4.69) is 20.5 Å². The van der Waals surface area contributed by atoms with Gasteiger partial charge in [0.1, 0.15) is 5.82 Å². The van der Waals surface area contributed by atoms with Gasteiger partial charge in [0.25, 0.3) is 0 Å². The standard InChI is InChI=1S/C20H28N4O4S2/c1-15-13-28-10-9-24(15)19-11-18(14-30(4,26)27)22-20(23-19)17-7-5-16(6-8-17)12-21-29(2,3)25/h5-8,11,15H,2,9-10,12-14H2,1,3-4H3,(H,21,25)/t15-,29?/m0/s1. The van der Waals surface area contributed by atoms with Gasteiger partial charge in [-0.15, -0.1) is 0 Å². The molecular formula is C20H28N4O4S2. The van der Waals surface area contributed by atoms with Gasteiger partial charge in [-0.25, -0.2) is 23.1 Å². The predicted molar refractivity (Wildman–Crippen MR) is 122 cm³/mol. The maximum Gasteiger partial charge on any atom is 0.161 e. The number of sulfone groups is 1. The summed E-state index contributed by atoms with van der Waals surface area (Å²) in [5.74, 6) is 4.61. The largest absolute Gasteiger partial charge is 0.377 e. The van der Waals surface area contributed by atoms with Gasteiger partial charge < -0.3 is 9.64 Å². The van der Waals surface area contributed by atoms with E-state index < -0.39 is 19.5 Å². The minimum atomic E-state index is -3.24. The molecule has 1 unspecified atom stereocenters. The number of rotatable bonds is 7. The quantitative estimate of drug-likeness (QED) is 0.631. The second-order valence-corrected chi connectivity index (χ2v) is 12.2. The normalized spacial score (nSPS) is 19.4. The summed E-state index contributed by atoms with van der Waals surface area (Å²) in [5, 5.41) is 0. The van der Waals surface area contributed by atoms with E-state index in [0.717, 1.165) is 11.1 Å². The molecule has 3 rings (SSSR count). The molecule has 10 heteroatoms.